The van der Waals surface area contributed by atoms with Crippen LogP contribution < -0.4 is 22.9 Å². The van der Waals surface area contributed by atoms with E-state index in [0.29, 0.717) is 0 Å². The van der Waals surface area contributed by atoms with Crippen LogP contribution in [0.25, 0.3) is 0 Å². The normalized spacial score (nSPS) is 13.2. The van der Waals surface area contributed by atoms with Gasteiger partial charge in [0.1, 0.15) is 18.7 Å². The van der Waals surface area contributed by atoms with Crippen molar-refractivity contribution in [1.29, 1.82) is 0 Å². The highest BCUT2D eigenvalue weighted by Gasteiger charge is 2.22. The van der Waals surface area contributed by atoms with Crippen LogP contribution >= 0.6 is 0 Å². The maximum atomic E-state index is 11.4. The first kappa shape index (κ1) is 18.0. The van der Waals surface area contributed by atoms with E-state index in [1.165, 1.54) is 0 Å². The molecule has 0 unspecified atom stereocenters. The molecule has 0 fully saturated rings. The summed E-state index contributed by atoms with van der Waals surface area (Å²) in [5, 5.41) is 0. The number of primary amides is 1. The third-order valence-corrected chi connectivity index (χ3v) is 2.09. The second-order valence-electron chi connectivity index (χ2n) is 3.85. The standard InChI is InChI=1S/C10H18N4O6/c11-3-8(16)20-10(18)6(13)4-19-9(17)5(12)1-2-7(14)15/h5-6H,1-4,11-13H2,(H2,14,15)/t5-,6-/m0/s1. The first-order valence-corrected chi connectivity index (χ1v) is 5.68. The van der Waals surface area contributed by atoms with Gasteiger partial charge in [-0.25, -0.2) is 4.79 Å². The third-order valence-electron chi connectivity index (χ3n) is 2.09. The topological polar surface area (TPSA) is 191 Å². The predicted octanol–water partition coefficient (Wildman–Crippen LogP) is -3.52. The van der Waals surface area contributed by atoms with Crippen LogP contribution in [0.4, 0.5) is 0 Å². The monoisotopic (exact) mass is 290 g/mol. The van der Waals surface area contributed by atoms with Crippen molar-refractivity contribution >= 4 is 23.8 Å². The summed E-state index contributed by atoms with van der Waals surface area (Å²) in [5.74, 6) is -3.47. The molecule has 0 radical (unpaired) electrons. The van der Waals surface area contributed by atoms with Gasteiger partial charge in [-0.05, 0) is 6.42 Å². The van der Waals surface area contributed by atoms with Gasteiger partial charge in [-0.1, -0.05) is 0 Å². The van der Waals surface area contributed by atoms with Crippen LogP contribution in [0.3, 0.4) is 0 Å². The minimum absolute atomic E-state index is 0.0134. The van der Waals surface area contributed by atoms with Crippen molar-refractivity contribution in [3.63, 3.8) is 0 Å². The van der Waals surface area contributed by atoms with Crippen LogP contribution in [0, 0.1) is 0 Å². The molecule has 0 saturated carbocycles. The number of carbonyl (C=O) groups is 4. The molecule has 8 N–H and O–H groups in total. The van der Waals surface area contributed by atoms with E-state index in [4.69, 9.17) is 22.9 Å². The lowest BCUT2D eigenvalue weighted by Crippen LogP contribution is -2.42. The van der Waals surface area contributed by atoms with E-state index >= 15 is 0 Å². The number of ether oxygens (including phenoxy) is 2. The van der Waals surface area contributed by atoms with Crippen molar-refractivity contribution < 1.29 is 28.7 Å². The van der Waals surface area contributed by atoms with E-state index in [0.717, 1.165) is 0 Å². The molecule has 0 aromatic heterocycles. The van der Waals surface area contributed by atoms with Crippen LogP contribution in [0.5, 0.6) is 0 Å². The average Bonchev–Trinajstić information content (AvgIpc) is 2.40. The van der Waals surface area contributed by atoms with E-state index in [2.05, 4.69) is 9.47 Å². The Morgan fingerprint density at radius 2 is 1.60 bits per heavy atom. The number of hydrogen-bond donors (Lipinski definition) is 4. The molecule has 20 heavy (non-hydrogen) atoms. The number of amides is 1. The van der Waals surface area contributed by atoms with Gasteiger partial charge in [0.2, 0.25) is 5.91 Å². The third kappa shape index (κ3) is 7.41. The number of hydrogen-bond acceptors (Lipinski definition) is 9. The molecule has 0 aromatic rings. The van der Waals surface area contributed by atoms with Gasteiger partial charge in [-0.2, -0.15) is 0 Å². The van der Waals surface area contributed by atoms with Crippen LogP contribution in [-0.2, 0) is 28.7 Å². The molecule has 0 saturated heterocycles. The van der Waals surface area contributed by atoms with E-state index in [1.807, 2.05) is 0 Å². The Morgan fingerprint density at radius 1 is 1.00 bits per heavy atom. The van der Waals surface area contributed by atoms with Crippen LogP contribution in [0.1, 0.15) is 12.8 Å². The molecular formula is C10H18N4O6. The Hall–Kier alpha value is -2.04. The molecule has 2 atom stereocenters. The largest absolute Gasteiger partial charge is 0.462 e. The molecule has 0 aliphatic heterocycles. The molecule has 1 amide bonds. The molecule has 0 bridgehead atoms. The number of carbonyl (C=O) groups excluding carboxylic acids is 4. The predicted molar refractivity (Wildman–Crippen MR) is 65.5 cm³/mol. The van der Waals surface area contributed by atoms with Crippen molar-refractivity contribution in [3.05, 3.63) is 0 Å². The van der Waals surface area contributed by atoms with Crippen molar-refractivity contribution in [2.24, 2.45) is 22.9 Å². The summed E-state index contributed by atoms with van der Waals surface area (Å²) < 4.78 is 8.87. The summed E-state index contributed by atoms with van der Waals surface area (Å²) in [6.07, 6.45) is -0.0606. The summed E-state index contributed by atoms with van der Waals surface area (Å²) >= 11 is 0. The van der Waals surface area contributed by atoms with Gasteiger partial charge in [0.15, 0.2) is 0 Å². The second kappa shape index (κ2) is 8.96. The van der Waals surface area contributed by atoms with Gasteiger partial charge in [-0.3, -0.25) is 14.4 Å². The van der Waals surface area contributed by atoms with Crippen molar-refractivity contribution in [1.82, 2.24) is 0 Å². The van der Waals surface area contributed by atoms with Gasteiger partial charge in [0, 0.05) is 6.42 Å². The summed E-state index contributed by atoms with van der Waals surface area (Å²) in [7, 11) is 0. The number of esters is 3. The number of nitrogens with two attached hydrogens (primary N) is 4. The molecule has 0 spiro atoms. The Labute approximate surface area is 114 Å². The summed E-state index contributed by atoms with van der Waals surface area (Å²) in [6.45, 7) is -0.990. The van der Waals surface area contributed by atoms with Crippen molar-refractivity contribution in [2.75, 3.05) is 13.2 Å². The fraction of sp³-hybridized carbons (Fsp3) is 0.600. The maximum Gasteiger partial charge on any atom is 0.334 e. The van der Waals surface area contributed by atoms with E-state index in [-0.39, 0.29) is 12.8 Å². The zero-order chi connectivity index (χ0) is 15.7. The Balaban J connectivity index is 4.07. The van der Waals surface area contributed by atoms with Gasteiger partial charge in [0.25, 0.3) is 0 Å². The van der Waals surface area contributed by atoms with Crippen LogP contribution in [-0.4, -0.2) is 49.1 Å². The molecule has 114 valence electrons. The molecule has 0 aromatic carbocycles. The van der Waals surface area contributed by atoms with Gasteiger partial charge in [0.05, 0.1) is 6.54 Å². The SMILES string of the molecule is NCC(=O)OC(=O)[C@@H](N)COC(=O)[C@@H](N)CCC(N)=O. The minimum Gasteiger partial charge on any atom is -0.462 e. The van der Waals surface area contributed by atoms with Gasteiger partial charge in [-0.15, -0.1) is 0 Å². The zero-order valence-electron chi connectivity index (χ0n) is 10.7. The summed E-state index contributed by atoms with van der Waals surface area (Å²) in [4.78, 5) is 43.8. The van der Waals surface area contributed by atoms with Crippen molar-refractivity contribution in [2.45, 2.75) is 24.9 Å². The molecular weight excluding hydrogens is 272 g/mol. The van der Waals surface area contributed by atoms with E-state index in [1.54, 1.807) is 0 Å². The molecule has 10 heteroatoms. The quantitative estimate of drug-likeness (QED) is 0.259. The highest BCUT2D eigenvalue weighted by molar-refractivity contribution is 5.89. The zero-order valence-corrected chi connectivity index (χ0v) is 10.7. The van der Waals surface area contributed by atoms with E-state index in [9.17, 15) is 19.2 Å². The molecule has 0 heterocycles. The highest BCUT2D eigenvalue weighted by atomic mass is 16.6. The lowest BCUT2D eigenvalue weighted by molar-refractivity contribution is -0.161. The minimum atomic E-state index is -1.34. The second-order valence-corrected chi connectivity index (χ2v) is 3.85. The van der Waals surface area contributed by atoms with Crippen LogP contribution in [0.15, 0.2) is 0 Å². The first-order chi connectivity index (χ1) is 9.27. The lowest BCUT2D eigenvalue weighted by Gasteiger charge is -2.13. The van der Waals surface area contributed by atoms with E-state index < -0.39 is 49.1 Å². The molecule has 0 aliphatic carbocycles. The Kier molecular flexibility index (Phi) is 8.04. The highest BCUT2D eigenvalue weighted by Crippen LogP contribution is 1.98. The molecule has 0 aliphatic rings. The first-order valence-electron chi connectivity index (χ1n) is 5.68. The van der Waals surface area contributed by atoms with Gasteiger partial charge < -0.3 is 32.4 Å². The fourth-order valence-electron chi connectivity index (χ4n) is 0.992. The molecule has 0 rings (SSSR count). The average molecular weight is 290 g/mol. The fourth-order valence-corrected chi connectivity index (χ4v) is 0.992. The summed E-state index contributed by atoms with van der Waals surface area (Å²) in [5.41, 5.74) is 20.6. The van der Waals surface area contributed by atoms with Gasteiger partial charge >= 0.3 is 17.9 Å². The number of rotatable bonds is 8. The summed E-state index contributed by atoms with van der Waals surface area (Å²) in [6, 6.07) is -2.39. The lowest BCUT2D eigenvalue weighted by atomic mass is 10.1. The maximum absolute atomic E-state index is 11.4. The smallest absolute Gasteiger partial charge is 0.334 e. The Morgan fingerprint density at radius 3 is 2.10 bits per heavy atom. The molecule has 10 nitrogen and oxygen atoms in total. The Bertz CT molecular complexity index is 386. The van der Waals surface area contributed by atoms with Crippen molar-refractivity contribution in [3.8, 4) is 0 Å². The van der Waals surface area contributed by atoms with Crippen LogP contribution in [0.2, 0.25) is 0 Å².